The molecule has 1 aromatic heterocycles. The third kappa shape index (κ3) is 6.80. The van der Waals surface area contributed by atoms with Crippen molar-refractivity contribution in [2.45, 2.75) is 52.7 Å². The second-order valence-corrected chi connectivity index (χ2v) is 9.13. The lowest BCUT2D eigenvalue weighted by molar-refractivity contribution is 0.131. The van der Waals surface area contributed by atoms with E-state index < -0.39 is 0 Å². The highest BCUT2D eigenvalue weighted by Gasteiger charge is 2.19. The van der Waals surface area contributed by atoms with Gasteiger partial charge in [0.15, 0.2) is 5.96 Å². The monoisotopic (exact) mass is 426 g/mol. The summed E-state index contributed by atoms with van der Waals surface area (Å²) in [6, 6.07) is 8.66. The van der Waals surface area contributed by atoms with Crippen molar-refractivity contribution in [1.29, 1.82) is 0 Å². The minimum Gasteiger partial charge on any atom is -0.443 e. The molecule has 0 amide bonds. The maximum Gasteiger partial charge on any atom is 0.213 e. The van der Waals surface area contributed by atoms with Gasteiger partial charge in [-0.2, -0.15) is 0 Å². The van der Waals surface area contributed by atoms with Crippen molar-refractivity contribution in [2.24, 2.45) is 4.99 Å². The van der Waals surface area contributed by atoms with E-state index in [9.17, 15) is 0 Å². The van der Waals surface area contributed by atoms with Crippen molar-refractivity contribution in [3.63, 3.8) is 0 Å². The Balaban J connectivity index is 1.52. The van der Waals surface area contributed by atoms with Crippen LogP contribution < -0.4 is 10.6 Å². The fourth-order valence-electron chi connectivity index (χ4n) is 3.69. The number of nitrogens with one attached hydrogen (secondary N) is 2. The molecule has 2 heterocycles. The summed E-state index contributed by atoms with van der Waals surface area (Å²) < 4.78 is 5.86. The lowest BCUT2D eigenvalue weighted by atomic mass is 9.94. The summed E-state index contributed by atoms with van der Waals surface area (Å²) in [7, 11) is 1.78. The molecule has 170 valence electrons. The number of aromatic nitrogens is 1. The van der Waals surface area contributed by atoms with Crippen LogP contribution in [-0.2, 0) is 25.0 Å². The van der Waals surface area contributed by atoms with E-state index in [0.717, 1.165) is 57.5 Å². The zero-order valence-corrected chi connectivity index (χ0v) is 19.7. The van der Waals surface area contributed by atoms with Crippen molar-refractivity contribution in [3.8, 4) is 0 Å². The van der Waals surface area contributed by atoms with E-state index in [-0.39, 0.29) is 5.41 Å². The minimum atomic E-state index is -0.0436. The Bertz CT molecular complexity index is 846. The number of benzene rings is 1. The molecule has 1 saturated heterocycles. The highest BCUT2D eigenvalue weighted by molar-refractivity contribution is 5.79. The SMILES string of the molecule is CCN1CCN(Cc2ccccc2CNC(=NC)NCc2ncc(C(C)(C)C)o2)CC1. The van der Waals surface area contributed by atoms with Gasteiger partial charge in [-0.15, -0.1) is 0 Å². The van der Waals surface area contributed by atoms with Gasteiger partial charge < -0.3 is 20.0 Å². The molecule has 1 aromatic carbocycles. The third-order valence-electron chi connectivity index (χ3n) is 5.79. The molecule has 2 aromatic rings. The van der Waals surface area contributed by atoms with Gasteiger partial charge in [0.05, 0.1) is 12.7 Å². The molecule has 1 aliphatic heterocycles. The molecule has 0 bridgehead atoms. The van der Waals surface area contributed by atoms with Gasteiger partial charge in [-0.1, -0.05) is 52.0 Å². The number of guanidine groups is 1. The molecule has 1 fully saturated rings. The molecule has 0 unspecified atom stereocenters. The Hall–Kier alpha value is -2.38. The van der Waals surface area contributed by atoms with Crippen LogP contribution >= 0.6 is 0 Å². The maximum absolute atomic E-state index is 5.86. The van der Waals surface area contributed by atoms with Crippen molar-refractivity contribution < 1.29 is 4.42 Å². The first-order chi connectivity index (χ1) is 14.9. The average Bonchev–Trinajstić information content (AvgIpc) is 3.25. The average molecular weight is 427 g/mol. The molecule has 0 spiro atoms. The Morgan fingerprint density at radius 3 is 2.29 bits per heavy atom. The lowest BCUT2D eigenvalue weighted by Crippen LogP contribution is -2.45. The van der Waals surface area contributed by atoms with Crippen LogP contribution in [0.2, 0.25) is 0 Å². The number of likely N-dealkylation sites (N-methyl/N-ethyl adjacent to an activating group) is 1. The summed E-state index contributed by atoms with van der Waals surface area (Å²) in [5, 5.41) is 6.73. The van der Waals surface area contributed by atoms with E-state index in [0.29, 0.717) is 12.4 Å². The van der Waals surface area contributed by atoms with Crippen molar-refractivity contribution >= 4 is 5.96 Å². The molecule has 3 rings (SSSR count). The molecule has 7 heteroatoms. The first kappa shape index (κ1) is 23.3. The Morgan fingerprint density at radius 2 is 1.68 bits per heavy atom. The first-order valence-corrected chi connectivity index (χ1v) is 11.3. The molecule has 0 aliphatic carbocycles. The van der Waals surface area contributed by atoms with Crippen LogP contribution in [0, 0.1) is 0 Å². The fraction of sp³-hybridized carbons (Fsp3) is 0.583. The number of hydrogen-bond donors (Lipinski definition) is 2. The van der Waals surface area contributed by atoms with E-state index in [1.165, 1.54) is 11.1 Å². The Labute approximate surface area is 186 Å². The van der Waals surface area contributed by atoms with Gasteiger partial charge in [0.25, 0.3) is 0 Å². The molecule has 0 saturated carbocycles. The van der Waals surface area contributed by atoms with Crippen molar-refractivity contribution in [2.75, 3.05) is 39.8 Å². The molecular weight excluding hydrogens is 388 g/mol. The largest absolute Gasteiger partial charge is 0.443 e. The third-order valence-corrected chi connectivity index (χ3v) is 5.79. The van der Waals surface area contributed by atoms with Crippen LogP contribution in [0.15, 0.2) is 39.9 Å². The number of hydrogen-bond acceptors (Lipinski definition) is 5. The minimum absolute atomic E-state index is 0.0436. The number of nitrogens with zero attached hydrogens (tertiary/aromatic N) is 4. The zero-order valence-electron chi connectivity index (χ0n) is 19.7. The molecular formula is C24H38N6O. The predicted molar refractivity (Wildman–Crippen MR) is 126 cm³/mol. The lowest BCUT2D eigenvalue weighted by Gasteiger charge is -2.34. The van der Waals surface area contributed by atoms with Gasteiger partial charge in [0.1, 0.15) is 5.76 Å². The summed E-state index contributed by atoms with van der Waals surface area (Å²) in [6.07, 6.45) is 1.81. The van der Waals surface area contributed by atoms with E-state index in [1.54, 1.807) is 7.05 Å². The summed E-state index contributed by atoms with van der Waals surface area (Å²) in [5.74, 6) is 2.29. The molecule has 2 N–H and O–H groups in total. The van der Waals surface area contributed by atoms with Gasteiger partial charge in [-0.05, 0) is 17.7 Å². The van der Waals surface area contributed by atoms with Gasteiger partial charge in [-0.3, -0.25) is 9.89 Å². The van der Waals surface area contributed by atoms with Crippen molar-refractivity contribution in [1.82, 2.24) is 25.4 Å². The normalized spacial score (nSPS) is 16.5. The van der Waals surface area contributed by atoms with Gasteiger partial charge in [0, 0.05) is 51.7 Å². The van der Waals surface area contributed by atoms with Gasteiger partial charge in [-0.25, -0.2) is 4.98 Å². The first-order valence-electron chi connectivity index (χ1n) is 11.3. The zero-order chi connectivity index (χ0) is 22.3. The predicted octanol–water partition coefficient (Wildman–Crippen LogP) is 2.97. The Morgan fingerprint density at radius 1 is 1.03 bits per heavy atom. The number of aliphatic imine (C=N–C) groups is 1. The highest BCUT2D eigenvalue weighted by Crippen LogP contribution is 2.22. The summed E-state index contributed by atoms with van der Waals surface area (Å²) >= 11 is 0. The van der Waals surface area contributed by atoms with E-state index in [4.69, 9.17) is 4.42 Å². The number of oxazole rings is 1. The van der Waals surface area contributed by atoms with E-state index >= 15 is 0 Å². The smallest absolute Gasteiger partial charge is 0.213 e. The van der Waals surface area contributed by atoms with Crippen molar-refractivity contribution in [3.05, 3.63) is 53.2 Å². The van der Waals surface area contributed by atoms with E-state index in [1.807, 2.05) is 6.20 Å². The topological polar surface area (TPSA) is 68.9 Å². The summed E-state index contributed by atoms with van der Waals surface area (Å²) in [4.78, 5) is 13.8. The van der Waals surface area contributed by atoms with Gasteiger partial charge >= 0.3 is 0 Å². The standard InChI is InChI=1S/C24H38N6O/c1-6-29-11-13-30(14-12-29)18-20-10-8-7-9-19(20)15-27-23(25-5)28-17-22-26-16-21(31-22)24(2,3)4/h7-10,16H,6,11-15,17-18H2,1-5H3,(H2,25,27,28). The van der Waals surface area contributed by atoms with Crippen LogP contribution in [0.3, 0.4) is 0 Å². The summed E-state index contributed by atoms with van der Waals surface area (Å²) in [6.45, 7) is 16.5. The van der Waals surface area contributed by atoms with Crippen LogP contribution in [0.1, 0.15) is 50.5 Å². The van der Waals surface area contributed by atoms with Crippen LogP contribution in [-0.4, -0.2) is 60.5 Å². The van der Waals surface area contributed by atoms with Crippen LogP contribution in [0.5, 0.6) is 0 Å². The molecule has 7 nitrogen and oxygen atoms in total. The molecule has 31 heavy (non-hydrogen) atoms. The fourth-order valence-corrected chi connectivity index (χ4v) is 3.69. The highest BCUT2D eigenvalue weighted by atomic mass is 16.4. The molecule has 1 aliphatic rings. The van der Waals surface area contributed by atoms with Gasteiger partial charge in [0.2, 0.25) is 5.89 Å². The molecule has 0 radical (unpaired) electrons. The van der Waals surface area contributed by atoms with Crippen LogP contribution in [0.4, 0.5) is 0 Å². The quantitative estimate of drug-likeness (QED) is 0.524. The number of piperazine rings is 1. The molecule has 0 atom stereocenters. The van der Waals surface area contributed by atoms with E-state index in [2.05, 4.69) is 82.4 Å². The number of rotatable bonds is 7. The summed E-state index contributed by atoms with van der Waals surface area (Å²) in [5.41, 5.74) is 2.63. The maximum atomic E-state index is 5.86. The second-order valence-electron chi connectivity index (χ2n) is 9.13. The second kappa shape index (κ2) is 10.8. The van der Waals surface area contributed by atoms with Crippen LogP contribution in [0.25, 0.3) is 0 Å². The Kier molecular flexibility index (Phi) is 8.09.